The number of rotatable bonds is 4. The van der Waals surface area contributed by atoms with Crippen LogP contribution in [0.15, 0.2) is 66.7 Å². The van der Waals surface area contributed by atoms with E-state index in [0.717, 1.165) is 21.9 Å². The molecule has 3 nitrogen and oxygen atoms in total. The van der Waals surface area contributed by atoms with Crippen LogP contribution in [0.2, 0.25) is 0 Å². The number of ether oxygens (including phenoxy) is 1. The first-order chi connectivity index (χ1) is 10.2. The van der Waals surface area contributed by atoms with Gasteiger partial charge in [-0.2, -0.15) is 0 Å². The van der Waals surface area contributed by atoms with E-state index in [-0.39, 0.29) is 0 Å². The monoisotopic (exact) mass is 296 g/mol. The summed E-state index contributed by atoms with van der Waals surface area (Å²) in [4.78, 5) is 12.2. The lowest BCUT2D eigenvalue weighted by molar-refractivity contribution is 0.0702. The van der Waals surface area contributed by atoms with Gasteiger partial charge in [0, 0.05) is 4.88 Å². The number of aromatic carboxylic acids is 1. The molecule has 4 heteroatoms. The predicted octanol–water partition coefficient (Wildman–Crippen LogP) is 4.91. The molecule has 0 unspecified atom stereocenters. The van der Waals surface area contributed by atoms with Crippen molar-refractivity contribution >= 4 is 17.3 Å². The van der Waals surface area contributed by atoms with Gasteiger partial charge in [0.2, 0.25) is 0 Å². The van der Waals surface area contributed by atoms with Gasteiger partial charge in [-0.15, -0.1) is 11.3 Å². The summed E-state index contributed by atoms with van der Waals surface area (Å²) in [5.74, 6) is 0.643. The van der Waals surface area contributed by atoms with E-state index in [0.29, 0.717) is 4.88 Å². The summed E-state index contributed by atoms with van der Waals surface area (Å²) in [7, 11) is 0. The topological polar surface area (TPSA) is 46.5 Å². The number of hydrogen-bond acceptors (Lipinski definition) is 3. The molecule has 3 aromatic rings. The van der Waals surface area contributed by atoms with Gasteiger partial charge in [-0.3, -0.25) is 0 Å². The van der Waals surface area contributed by atoms with Gasteiger partial charge in [0.15, 0.2) is 0 Å². The minimum absolute atomic E-state index is 0.342. The molecule has 3 rings (SSSR count). The van der Waals surface area contributed by atoms with E-state index in [9.17, 15) is 4.79 Å². The van der Waals surface area contributed by atoms with E-state index in [1.54, 1.807) is 6.07 Å². The maximum Gasteiger partial charge on any atom is 0.345 e. The van der Waals surface area contributed by atoms with Gasteiger partial charge in [0.05, 0.1) is 0 Å². The number of carbonyl (C=O) groups is 1. The molecular weight excluding hydrogens is 284 g/mol. The van der Waals surface area contributed by atoms with Gasteiger partial charge in [0.1, 0.15) is 16.4 Å². The molecule has 0 amide bonds. The molecule has 2 aromatic carbocycles. The van der Waals surface area contributed by atoms with Crippen molar-refractivity contribution in [2.24, 2.45) is 0 Å². The van der Waals surface area contributed by atoms with Gasteiger partial charge in [-0.25, -0.2) is 4.79 Å². The average molecular weight is 296 g/mol. The fourth-order valence-electron chi connectivity index (χ4n) is 1.92. The molecular formula is C17H12O3S. The largest absolute Gasteiger partial charge is 0.477 e. The molecule has 0 fully saturated rings. The third-order valence-electron chi connectivity index (χ3n) is 2.93. The molecule has 104 valence electrons. The second-order valence-corrected chi connectivity index (χ2v) is 5.49. The molecule has 21 heavy (non-hydrogen) atoms. The Balaban J connectivity index is 1.78. The fraction of sp³-hybridized carbons (Fsp3) is 0. The molecule has 0 saturated heterocycles. The van der Waals surface area contributed by atoms with Crippen LogP contribution in [0.5, 0.6) is 11.5 Å². The van der Waals surface area contributed by atoms with Crippen LogP contribution < -0.4 is 4.74 Å². The Morgan fingerprint density at radius 2 is 1.52 bits per heavy atom. The minimum atomic E-state index is -0.893. The molecule has 0 bridgehead atoms. The van der Waals surface area contributed by atoms with Crippen molar-refractivity contribution in [3.63, 3.8) is 0 Å². The summed E-state index contributed by atoms with van der Waals surface area (Å²) in [5, 5.41) is 8.94. The SMILES string of the molecule is O=C(O)c1ccc(-c2ccc(Oc3ccccc3)cc2)s1. The maximum absolute atomic E-state index is 10.9. The van der Waals surface area contributed by atoms with Gasteiger partial charge in [-0.1, -0.05) is 18.2 Å². The third kappa shape index (κ3) is 3.12. The number of benzene rings is 2. The fourth-order valence-corrected chi connectivity index (χ4v) is 2.77. The molecule has 0 aliphatic heterocycles. The molecule has 0 saturated carbocycles. The van der Waals surface area contributed by atoms with Crippen molar-refractivity contribution in [1.29, 1.82) is 0 Å². The Morgan fingerprint density at radius 3 is 2.14 bits per heavy atom. The molecule has 0 aliphatic carbocycles. The minimum Gasteiger partial charge on any atom is -0.477 e. The van der Waals surface area contributed by atoms with E-state index in [1.165, 1.54) is 11.3 Å². The zero-order valence-corrected chi connectivity index (χ0v) is 11.8. The second kappa shape index (κ2) is 5.81. The van der Waals surface area contributed by atoms with E-state index in [2.05, 4.69) is 0 Å². The van der Waals surface area contributed by atoms with Crippen molar-refractivity contribution < 1.29 is 14.6 Å². The molecule has 0 radical (unpaired) electrons. The first-order valence-electron chi connectivity index (χ1n) is 6.39. The Labute approximate surface area is 126 Å². The Kier molecular flexibility index (Phi) is 3.71. The van der Waals surface area contributed by atoms with Crippen LogP contribution >= 0.6 is 11.3 Å². The average Bonchev–Trinajstić information content (AvgIpc) is 2.99. The zero-order valence-electron chi connectivity index (χ0n) is 11.0. The van der Waals surface area contributed by atoms with Crippen molar-refractivity contribution in [2.45, 2.75) is 0 Å². The highest BCUT2D eigenvalue weighted by molar-refractivity contribution is 7.17. The quantitative estimate of drug-likeness (QED) is 0.744. The number of carboxylic acid groups (broad SMARTS) is 1. The van der Waals surface area contributed by atoms with E-state index in [1.807, 2.05) is 60.7 Å². The Morgan fingerprint density at radius 1 is 0.857 bits per heavy atom. The summed E-state index contributed by atoms with van der Waals surface area (Å²) < 4.78 is 5.72. The van der Waals surface area contributed by atoms with Gasteiger partial charge in [0.25, 0.3) is 0 Å². The van der Waals surface area contributed by atoms with Gasteiger partial charge in [-0.05, 0) is 54.1 Å². The lowest BCUT2D eigenvalue weighted by Gasteiger charge is -2.05. The molecule has 0 spiro atoms. The highest BCUT2D eigenvalue weighted by Crippen LogP contribution is 2.30. The van der Waals surface area contributed by atoms with Crippen LogP contribution in [-0.2, 0) is 0 Å². The van der Waals surface area contributed by atoms with E-state index >= 15 is 0 Å². The summed E-state index contributed by atoms with van der Waals surface area (Å²) >= 11 is 1.26. The van der Waals surface area contributed by atoms with Crippen LogP contribution in [0.1, 0.15) is 9.67 Å². The lowest BCUT2D eigenvalue weighted by atomic mass is 10.2. The highest BCUT2D eigenvalue weighted by atomic mass is 32.1. The second-order valence-electron chi connectivity index (χ2n) is 4.41. The number of para-hydroxylation sites is 1. The standard InChI is InChI=1S/C17H12O3S/c18-17(19)16-11-10-15(21-16)12-6-8-14(9-7-12)20-13-4-2-1-3-5-13/h1-11H,(H,18,19). The van der Waals surface area contributed by atoms with E-state index in [4.69, 9.17) is 9.84 Å². The van der Waals surface area contributed by atoms with Crippen molar-refractivity contribution in [2.75, 3.05) is 0 Å². The number of thiophene rings is 1. The highest BCUT2D eigenvalue weighted by Gasteiger charge is 2.08. The van der Waals surface area contributed by atoms with Crippen LogP contribution in [-0.4, -0.2) is 11.1 Å². The van der Waals surface area contributed by atoms with Crippen LogP contribution in [0.25, 0.3) is 10.4 Å². The number of hydrogen-bond donors (Lipinski definition) is 1. The lowest BCUT2D eigenvalue weighted by Crippen LogP contribution is -1.89. The molecule has 1 heterocycles. The van der Waals surface area contributed by atoms with E-state index < -0.39 is 5.97 Å². The summed E-state index contributed by atoms with van der Waals surface area (Å²) in [6.07, 6.45) is 0. The Hall–Kier alpha value is -2.59. The molecule has 0 atom stereocenters. The van der Waals surface area contributed by atoms with Crippen molar-refractivity contribution in [3.8, 4) is 21.9 Å². The third-order valence-corrected chi connectivity index (χ3v) is 4.06. The molecule has 1 aromatic heterocycles. The maximum atomic E-state index is 10.9. The molecule has 0 aliphatic rings. The Bertz CT molecular complexity index is 745. The van der Waals surface area contributed by atoms with Gasteiger partial charge >= 0.3 is 5.97 Å². The normalized spacial score (nSPS) is 10.3. The summed E-state index contributed by atoms with van der Waals surface area (Å²) in [6, 6.07) is 20.6. The molecule has 1 N–H and O–H groups in total. The zero-order chi connectivity index (χ0) is 14.7. The smallest absolute Gasteiger partial charge is 0.345 e. The van der Waals surface area contributed by atoms with Crippen LogP contribution in [0.4, 0.5) is 0 Å². The summed E-state index contributed by atoms with van der Waals surface area (Å²) in [6.45, 7) is 0. The van der Waals surface area contributed by atoms with Crippen LogP contribution in [0, 0.1) is 0 Å². The van der Waals surface area contributed by atoms with Crippen molar-refractivity contribution in [1.82, 2.24) is 0 Å². The first kappa shape index (κ1) is 13.4. The number of carboxylic acids is 1. The van der Waals surface area contributed by atoms with Crippen LogP contribution in [0.3, 0.4) is 0 Å². The first-order valence-corrected chi connectivity index (χ1v) is 7.20. The van der Waals surface area contributed by atoms with Crippen molar-refractivity contribution in [3.05, 3.63) is 71.6 Å². The predicted molar refractivity (Wildman–Crippen MR) is 83.2 cm³/mol. The summed E-state index contributed by atoms with van der Waals surface area (Å²) in [5.41, 5.74) is 0.980. The van der Waals surface area contributed by atoms with Gasteiger partial charge < -0.3 is 9.84 Å².